The van der Waals surface area contributed by atoms with Crippen LogP contribution in [0.25, 0.3) is 0 Å². The van der Waals surface area contributed by atoms with Crippen LogP contribution in [0.5, 0.6) is 0 Å². The van der Waals surface area contributed by atoms with Crippen molar-refractivity contribution in [2.75, 3.05) is 26.7 Å². The highest BCUT2D eigenvalue weighted by Gasteiger charge is 2.14. The molecule has 0 radical (unpaired) electrons. The first-order valence-corrected chi connectivity index (χ1v) is 6.30. The van der Waals surface area contributed by atoms with Gasteiger partial charge in [-0.05, 0) is 25.1 Å². The summed E-state index contributed by atoms with van der Waals surface area (Å²) in [4.78, 5) is 25.0. The van der Waals surface area contributed by atoms with Crippen LogP contribution < -0.4 is 5.32 Å². The van der Waals surface area contributed by atoms with E-state index in [1.54, 1.807) is 31.3 Å². The highest BCUT2D eigenvalue weighted by atomic mass is 16.2. The van der Waals surface area contributed by atoms with Crippen LogP contribution >= 0.6 is 0 Å². The number of carbonyl (C=O) groups excluding carboxylic acids is 2. The summed E-state index contributed by atoms with van der Waals surface area (Å²) in [6.07, 6.45) is 0. The lowest BCUT2D eigenvalue weighted by Crippen LogP contribution is -2.38. The van der Waals surface area contributed by atoms with E-state index in [1.165, 1.54) is 4.90 Å². The highest BCUT2D eigenvalue weighted by molar-refractivity contribution is 5.96. The SMILES string of the molecule is CCNC(=O)CN(C)C(=O)c1cccc(C#CCO)c1. The Morgan fingerprint density at radius 1 is 1.40 bits per heavy atom. The fourth-order valence-corrected chi connectivity index (χ4v) is 1.63. The average molecular weight is 274 g/mol. The summed E-state index contributed by atoms with van der Waals surface area (Å²) >= 11 is 0. The smallest absolute Gasteiger partial charge is 0.254 e. The zero-order valence-electron chi connectivity index (χ0n) is 11.6. The minimum Gasteiger partial charge on any atom is -0.384 e. The molecule has 0 aliphatic carbocycles. The third-order valence-electron chi connectivity index (χ3n) is 2.52. The van der Waals surface area contributed by atoms with Gasteiger partial charge in [-0.2, -0.15) is 0 Å². The predicted molar refractivity (Wildman–Crippen MR) is 76.1 cm³/mol. The van der Waals surface area contributed by atoms with E-state index in [0.29, 0.717) is 17.7 Å². The summed E-state index contributed by atoms with van der Waals surface area (Å²) in [6, 6.07) is 6.78. The first-order chi connectivity index (χ1) is 9.58. The second kappa shape index (κ2) is 7.97. The average Bonchev–Trinajstić information content (AvgIpc) is 2.44. The maximum absolute atomic E-state index is 12.2. The minimum absolute atomic E-state index is 0.0131. The molecule has 0 atom stereocenters. The number of amides is 2. The van der Waals surface area contributed by atoms with Crippen molar-refractivity contribution >= 4 is 11.8 Å². The molecular formula is C15H18N2O3. The maximum Gasteiger partial charge on any atom is 0.254 e. The number of nitrogens with one attached hydrogen (secondary N) is 1. The predicted octanol–water partition coefficient (Wildman–Crippen LogP) is 0.238. The molecular weight excluding hydrogens is 256 g/mol. The van der Waals surface area contributed by atoms with Gasteiger partial charge in [-0.15, -0.1) is 0 Å². The molecule has 0 bridgehead atoms. The molecule has 1 rings (SSSR count). The van der Waals surface area contributed by atoms with E-state index in [1.807, 2.05) is 6.92 Å². The normalized spacial score (nSPS) is 9.35. The largest absolute Gasteiger partial charge is 0.384 e. The van der Waals surface area contributed by atoms with Crippen LogP contribution in [0.2, 0.25) is 0 Å². The summed E-state index contributed by atoms with van der Waals surface area (Å²) in [5, 5.41) is 11.3. The van der Waals surface area contributed by atoms with Gasteiger partial charge in [0, 0.05) is 24.7 Å². The van der Waals surface area contributed by atoms with Gasteiger partial charge in [0.1, 0.15) is 6.61 Å². The second-order valence-corrected chi connectivity index (χ2v) is 4.16. The molecule has 5 heteroatoms. The molecule has 1 aromatic rings. The molecule has 0 saturated carbocycles. The number of aliphatic hydroxyl groups excluding tert-OH is 1. The number of hydrogen-bond acceptors (Lipinski definition) is 3. The van der Waals surface area contributed by atoms with Gasteiger partial charge in [0.2, 0.25) is 5.91 Å². The van der Waals surface area contributed by atoms with E-state index >= 15 is 0 Å². The molecule has 2 amide bonds. The van der Waals surface area contributed by atoms with Gasteiger partial charge in [-0.25, -0.2) is 0 Å². The quantitative estimate of drug-likeness (QED) is 0.773. The van der Waals surface area contributed by atoms with Crippen LogP contribution in [0.15, 0.2) is 24.3 Å². The molecule has 1 aromatic carbocycles. The third-order valence-corrected chi connectivity index (χ3v) is 2.52. The monoisotopic (exact) mass is 274 g/mol. The minimum atomic E-state index is -0.246. The van der Waals surface area contributed by atoms with Crippen LogP contribution in [-0.4, -0.2) is 48.6 Å². The van der Waals surface area contributed by atoms with Crippen molar-refractivity contribution in [3.8, 4) is 11.8 Å². The summed E-state index contributed by atoms with van der Waals surface area (Å²) in [6.45, 7) is 2.14. The van der Waals surface area contributed by atoms with Crippen molar-refractivity contribution in [2.24, 2.45) is 0 Å². The Bertz CT molecular complexity index is 544. The van der Waals surface area contributed by atoms with Crippen LogP contribution in [0, 0.1) is 11.8 Å². The summed E-state index contributed by atoms with van der Waals surface area (Å²) in [5.74, 6) is 4.82. The number of hydrogen-bond donors (Lipinski definition) is 2. The molecule has 20 heavy (non-hydrogen) atoms. The van der Waals surface area contributed by atoms with Crippen LogP contribution in [-0.2, 0) is 4.79 Å². The fraction of sp³-hybridized carbons (Fsp3) is 0.333. The molecule has 2 N–H and O–H groups in total. The van der Waals surface area contributed by atoms with E-state index in [9.17, 15) is 9.59 Å². The molecule has 0 spiro atoms. The van der Waals surface area contributed by atoms with Crippen molar-refractivity contribution in [3.05, 3.63) is 35.4 Å². The van der Waals surface area contributed by atoms with Crippen molar-refractivity contribution in [2.45, 2.75) is 6.92 Å². The Balaban J connectivity index is 2.78. The first-order valence-electron chi connectivity index (χ1n) is 6.30. The standard InChI is InChI=1S/C15H18N2O3/c1-3-16-14(19)11-17(2)15(20)13-8-4-6-12(10-13)7-5-9-18/h4,6,8,10,18H,3,9,11H2,1-2H3,(H,16,19). The van der Waals surface area contributed by atoms with Gasteiger partial charge >= 0.3 is 0 Å². The number of rotatable bonds is 4. The molecule has 0 aromatic heterocycles. The van der Waals surface area contributed by atoms with E-state index in [0.717, 1.165) is 0 Å². The maximum atomic E-state index is 12.2. The number of likely N-dealkylation sites (N-methyl/N-ethyl adjacent to an activating group) is 2. The number of aliphatic hydroxyl groups is 1. The molecule has 0 fully saturated rings. The molecule has 0 aliphatic rings. The third kappa shape index (κ3) is 4.75. The van der Waals surface area contributed by atoms with Crippen LogP contribution in [0.4, 0.5) is 0 Å². The Kier molecular flexibility index (Phi) is 6.27. The number of benzene rings is 1. The van der Waals surface area contributed by atoms with Crippen molar-refractivity contribution < 1.29 is 14.7 Å². The van der Waals surface area contributed by atoms with Gasteiger partial charge in [0.05, 0.1) is 6.54 Å². The van der Waals surface area contributed by atoms with Gasteiger partial charge < -0.3 is 15.3 Å². The van der Waals surface area contributed by atoms with Gasteiger partial charge in [0.15, 0.2) is 0 Å². The fourth-order valence-electron chi connectivity index (χ4n) is 1.63. The first kappa shape index (κ1) is 15.7. The zero-order valence-corrected chi connectivity index (χ0v) is 11.6. The van der Waals surface area contributed by atoms with Crippen molar-refractivity contribution in [3.63, 3.8) is 0 Å². The van der Waals surface area contributed by atoms with Crippen molar-refractivity contribution in [1.29, 1.82) is 0 Å². The Hall–Kier alpha value is -2.32. The molecule has 0 unspecified atom stereocenters. The van der Waals surface area contributed by atoms with E-state index in [2.05, 4.69) is 17.2 Å². The zero-order chi connectivity index (χ0) is 15.0. The molecule has 106 valence electrons. The van der Waals surface area contributed by atoms with E-state index < -0.39 is 0 Å². The lowest BCUT2D eigenvalue weighted by atomic mass is 10.1. The Morgan fingerprint density at radius 3 is 2.80 bits per heavy atom. The van der Waals surface area contributed by atoms with Gasteiger partial charge in [-0.1, -0.05) is 17.9 Å². The molecule has 0 aliphatic heterocycles. The second-order valence-electron chi connectivity index (χ2n) is 4.16. The molecule has 0 saturated heterocycles. The summed E-state index contributed by atoms with van der Waals surface area (Å²) in [5.41, 5.74) is 1.11. The van der Waals surface area contributed by atoms with Crippen LogP contribution in [0.1, 0.15) is 22.8 Å². The van der Waals surface area contributed by atoms with Crippen molar-refractivity contribution in [1.82, 2.24) is 10.2 Å². The van der Waals surface area contributed by atoms with Gasteiger partial charge in [-0.3, -0.25) is 9.59 Å². The van der Waals surface area contributed by atoms with E-state index in [-0.39, 0.29) is 25.0 Å². The lowest BCUT2D eigenvalue weighted by Gasteiger charge is -2.16. The van der Waals surface area contributed by atoms with Gasteiger partial charge in [0.25, 0.3) is 5.91 Å². The topological polar surface area (TPSA) is 69.6 Å². The summed E-state index contributed by atoms with van der Waals surface area (Å²) in [7, 11) is 1.57. The molecule has 5 nitrogen and oxygen atoms in total. The van der Waals surface area contributed by atoms with E-state index in [4.69, 9.17) is 5.11 Å². The number of nitrogens with zero attached hydrogens (tertiary/aromatic N) is 1. The Labute approximate surface area is 118 Å². The highest BCUT2D eigenvalue weighted by Crippen LogP contribution is 2.07. The summed E-state index contributed by atoms with van der Waals surface area (Å²) < 4.78 is 0. The van der Waals surface area contributed by atoms with Crippen LogP contribution in [0.3, 0.4) is 0 Å². The lowest BCUT2D eigenvalue weighted by molar-refractivity contribution is -0.121. The molecule has 0 heterocycles. The number of carbonyl (C=O) groups is 2. The Morgan fingerprint density at radius 2 is 2.15 bits per heavy atom.